The molecule has 0 bridgehead atoms. The van der Waals surface area contributed by atoms with Crippen LogP contribution in [0.1, 0.15) is 40.0 Å². The van der Waals surface area contributed by atoms with Gasteiger partial charge in [-0.1, -0.05) is 106 Å². The van der Waals surface area contributed by atoms with E-state index < -0.39 is 30.3 Å². The lowest BCUT2D eigenvalue weighted by Crippen LogP contribution is -2.69. The lowest BCUT2D eigenvalue weighted by Gasteiger charge is -2.42. The number of sulfonamides is 1. The molecular weight excluding hydrogens is 577 g/mol. The number of carbonyl (C=O) groups excluding carboxylic acids is 1. The zero-order valence-corrected chi connectivity index (χ0v) is 26.6. The summed E-state index contributed by atoms with van der Waals surface area (Å²) in [6, 6.07) is 34.7. The number of nitrogens with one attached hydrogen (secondary N) is 1. The van der Waals surface area contributed by atoms with Gasteiger partial charge in [-0.3, -0.25) is 4.79 Å². The van der Waals surface area contributed by atoms with Crippen LogP contribution in [0.4, 0.5) is 0 Å². The number of amides is 1. The molecule has 1 aliphatic rings. The Kier molecular flexibility index (Phi) is 9.17. The largest absolute Gasteiger partial charge is 0.457 e. The molecule has 0 unspecified atom stereocenters. The minimum Gasteiger partial charge on any atom is -0.457 e. The van der Waals surface area contributed by atoms with Crippen LogP contribution in [0.2, 0.25) is 5.04 Å². The van der Waals surface area contributed by atoms with Gasteiger partial charge in [0.2, 0.25) is 10.0 Å². The van der Waals surface area contributed by atoms with E-state index in [1.54, 1.807) is 12.1 Å². The number of rotatable bonds is 9. The van der Waals surface area contributed by atoms with Crippen molar-refractivity contribution in [3.8, 4) is 11.5 Å². The molecule has 1 amide bonds. The number of ether oxygens (including phenoxy) is 1. The van der Waals surface area contributed by atoms with Crippen LogP contribution >= 0.6 is 0 Å². The SMILES string of the molecule is CC(C)(C)[Si](ONC(=O)[C@H]1CCCCN1S(=O)(=O)c1ccc(Oc2ccccc2)cc1)(c1ccccc1)c1ccccc1. The van der Waals surface area contributed by atoms with Crippen LogP contribution in [0, 0.1) is 0 Å². The molecule has 0 saturated carbocycles. The van der Waals surface area contributed by atoms with Crippen LogP contribution in [0.3, 0.4) is 0 Å². The van der Waals surface area contributed by atoms with E-state index in [1.807, 2.05) is 91.0 Å². The normalized spacial score (nSPS) is 16.4. The lowest BCUT2D eigenvalue weighted by molar-refractivity contribution is -0.133. The van der Waals surface area contributed by atoms with Gasteiger partial charge in [0.05, 0.1) is 4.90 Å². The summed E-state index contributed by atoms with van der Waals surface area (Å²) < 4.78 is 41.5. The zero-order chi connectivity index (χ0) is 30.5. The van der Waals surface area contributed by atoms with Gasteiger partial charge < -0.3 is 9.26 Å². The van der Waals surface area contributed by atoms with Crippen LogP contribution in [-0.4, -0.2) is 39.5 Å². The van der Waals surface area contributed by atoms with Crippen molar-refractivity contribution in [2.75, 3.05) is 6.54 Å². The molecule has 1 atom stereocenters. The van der Waals surface area contributed by atoms with Crippen molar-refractivity contribution in [3.63, 3.8) is 0 Å². The van der Waals surface area contributed by atoms with E-state index in [9.17, 15) is 13.2 Å². The van der Waals surface area contributed by atoms with Crippen molar-refractivity contribution >= 4 is 34.6 Å². The van der Waals surface area contributed by atoms with Gasteiger partial charge in [0.25, 0.3) is 14.2 Å². The number of hydrogen-bond acceptors (Lipinski definition) is 5. The fourth-order valence-corrected chi connectivity index (χ4v) is 11.6. The number of carbonyl (C=O) groups is 1. The van der Waals surface area contributed by atoms with E-state index in [4.69, 9.17) is 9.26 Å². The van der Waals surface area contributed by atoms with Gasteiger partial charge in [-0.15, -0.1) is 0 Å². The van der Waals surface area contributed by atoms with Gasteiger partial charge in [-0.05, 0) is 64.7 Å². The molecule has 0 radical (unpaired) electrons. The monoisotopic (exact) mass is 614 g/mol. The Hall–Kier alpha value is -3.76. The first-order valence-electron chi connectivity index (χ1n) is 14.6. The molecule has 9 heteroatoms. The van der Waals surface area contributed by atoms with E-state index >= 15 is 0 Å². The van der Waals surface area contributed by atoms with Crippen LogP contribution in [-0.2, 0) is 19.3 Å². The summed E-state index contributed by atoms with van der Waals surface area (Å²) in [7, 11) is -7.02. The van der Waals surface area contributed by atoms with Crippen molar-refractivity contribution in [2.24, 2.45) is 0 Å². The fourth-order valence-electron chi connectivity index (χ4n) is 5.74. The second kappa shape index (κ2) is 12.8. The summed E-state index contributed by atoms with van der Waals surface area (Å²) >= 11 is 0. The van der Waals surface area contributed by atoms with Gasteiger partial charge in [0.1, 0.15) is 17.5 Å². The number of hydrogen-bond donors (Lipinski definition) is 1. The van der Waals surface area contributed by atoms with Crippen molar-refractivity contribution in [1.82, 2.24) is 9.79 Å². The molecular formula is C34H38N2O5SSi. The first kappa shape index (κ1) is 30.7. The Bertz CT molecular complexity index is 1570. The highest BCUT2D eigenvalue weighted by Gasteiger charge is 2.52. The molecule has 1 saturated heterocycles. The van der Waals surface area contributed by atoms with Crippen molar-refractivity contribution in [1.29, 1.82) is 0 Å². The van der Waals surface area contributed by atoms with Crippen molar-refractivity contribution in [3.05, 3.63) is 115 Å². The van der Waals surface area contributed by atoms with Crippen LogP contribution in [0.15, 0.2) is 120 Å². The number of piperidine rings is 1. The third-order valence-electron chi connectivity index (χ3n) is 7.89. The molecule has 224 valence electrons. The summed E-state index contributed by atoms with van der Waals surface area (Å²) in [5, 5.41) is 1.67. The first-order chi connectivity index (χ1) is 20.6. The Morgan fingerprint density at radius 2 is 1.28 bits per heavy atom. The minimum atomic E-state index is -3.96. The van der Waals surface area contributed by atoms with Crippen LogP contribution < -0.4 is 20.6 Å². The quantitative estimate of drug-likeness (QED) is 0.195. The van der Waals surface area contributed by atoms with Gasteiger partial charge in [0, 0.05) is 6.54 Å². The number of nitrogens with zero attached hydrogens (tertiary/aromatic N) is 1. The molecule has 43 heavy (non-hydrogen) atoms. The van der Waals surface area contributed by atoms with Crippen molar-refractivity contribution < 1.29 is 22.5 Å². The predicted molar refractivity (Wildman–Crippen MR) is 171 cm³/mol. The highest BCUT2D eigenvalue weighted by molar-refractivity contribution is 7.89. The molecule has 1 fully saturated rings. The summed E-state index contributed by atoms with van der Waals surface area (Å²) in [6.07, 6.45) is 1.82. The Morgan fingerprint density at radius 1 is 0.767 bits per heavy atom. The number of hydroxylamine groups is 1. The fraction of sp³-hybridized carbons (Fsp3) is 0.265. The third kappa shape index (κ3) is 6.45. The lowest BCUT2D eigenvalue weighted by atomic mass is 10.0. The molecule has 7 nitrogen and oxygen atoms in total. The predicted octanol–water partition coefficient (Wildman–Crippen LogP) is 5.63. The van der Waals surface area contributed by atoms with Crippen LogP contribution in [0.25, 0.3) is 0 Å². The molecule has 0 aromatic heterocycles. The van der Waals surface area contributed by atoms with Gasteiger partial charge in [-0.25, -0.2) is 13.9 Å². The molecule has 1 aliphatic heterocycles. The first-order valence-corrected chi connectivity index (χ1v) is 17.9. The summed E-state index contributed by atoms with van der Waals surface area (Å²) in [5.74, 6) is 0.726. The molecule has 1 heterocycles. The molecule has 4 aromatic carbocycles. The Morgan fingerprint density at radius 3 is 1.81 bits per heavy atom. The molecule has 5 rings (SSSR count). The topological polar surface area (TPSA) is 84.9 Å². The van der Waals surface area contributed by atoms with E-state index in [2.05, 4.69) is 26.3 Å². The van der Waals surface area contributed by atoms with Gasteiger partial charge in [-0.2, -0.15) is 4.31 Å². The summed E-state index contributed by atoms with van der Waals surface area (Å²) in [4.78, 5) is 14.0. The molecule has 4 aromatic rings. The Labute approximate surface area is 255 Å². The standard InChI is InChI=1S/C34H38N2O5SSi/c1-34(2,3)43(30-17-9-5-10-18-30,31-19-11-6-12-20-31)41-35-33(37)32-21-13-14-26-36(32)42(38,39)29-24-22-28(23-25-29)40-27-15-7-4-8-16-27/h4-12,15-20,22-25,32H,13-14,21,26H2,1-3H3,(H,35,37)/t32-/m1/s1. The maximum Gasteiger partial charge on any atom is 0.295 e. The van der Waals surface area contributed by atoms with Gasteiger partial charge in [0.15, 0.2) is 0 Å². The summed E-state index contributed by atoms with van der Waals surface area (Å²) in [5.41, 5.74) is 2.78. The molecule has 0 spiro atoms. The highest BCUT2D eigenvalue weighted by Crippen LogP contribution is 2.36. The zero-order valence-electron chi connectivity index (χ0n) is 24.8. The number of benzene rings is 4. The maximum atomic E-state index is 13.8. The Balaban J connectivity index is 1.40. The second-order valence-electron chi connectivity index (χ2n) is 11.7. The smallest absolute Gasteiger partial charge is 0.295 e. The van der Waals surface area contributed by atoms with Crippen molar-refractivity contribution in [2.45, 2.75) is 56.0 Å². The average Bonchev–Trinajstić information content (AvgIpc) is 3.02. The van der Waals surface area contributed by atoms with E-state index in [0.29, 0.717) is 24.3 Å². The number of para-hydroxylation sites is 1. The average molecular weight is 615 g/mol. The van der Waals surface area contributed by atoms with Gasteiger partial charge >= 0.3 is 0 Å². The highest BCUT2D eigenvalue weighted by atomic mass is 32.2. The van der Waals surface area contributed by atoms with Crippen LogP contribution in [0.5, 0.6) is 11.5 Å². The van der Waals surface area contributed by atoms with E-state index in [-0.39, 0.29) is 16.5 Å². The molecule has 1 N–H and O–H groups in total. The van der Waals surface area contributed by atoms with E-state index in [1.165, 1.54) is 16.4 Å². The summed E-state index contributed by atoms with van der Waals surface area (Å²) in [6.45, 7) is 6.61. The molecule has 0 aliphatic carbocycles. The third-order valence-corrected chi connectivity index (χ3v) is 14.6. The van der Waals surface area contributed by atoms with E-state index in [0.717, 1.165) is 16.8 Å². The maximum absolute atomic E-state index is 13.8. The minimum absolute atomic E-state index is 0.112. The second-order valence-corrected chi connectivity index (χ2v) is 17.9.